The van der Waals surface area contributed by atoms with Crippen molar-refractivity contribution >= 4 is 21.7 Å². The fraction of sp³-hybridized carbons (Fsp3) is 0.381. The highest BCUT2D eigenvalue weighted by atomic mass is 32.2. The quantitative estimate of drug-likeness (QED) is 0.781. The van der Waals surface area contributed by atoms with Crippen LogP contribution in [0, 0.1) is 5.82 Å². The second-order valence-corrected chi connectivity index (χ2v) is 9.34. The average molecular weight is 436 g/mol. The smallest absolute Gasteiger partial charge is 0.321 e. The Kier molecular flexibility index (Phi) is 6.62. The molecule has 30 heavy (non-hydrogen) atoms. The number of nitrogens with zero attached hydrogens (tertiary/aromatic N) is 2. The average Bonchev–Trinajstić information content (AvgIpc) is 2.73. The van der Waals surface area contributed by atoms with Gasteiger partial charge in [0, 0.05) is 26.2 Å². The first kappa shape index (κ1) is 22.0. The monoisotopic (exact) mass is 435 g/mol. The van der Waals surface area contributed by atoms with Gasteiger partial charge in [-0.1, -0.05) is 18.2 Å². The summed E-state index contributed by atoms with van der Waals surface area (Å²) in [5, 5.41) is 2.85. The summed E-state index contributed by atoms with van der Waals surface area (Å²) in [5.41, 5.74) is 1.98. The number of methoxy groups -OCH3 is 1. The molecular weight excluding hydrogens is 409 g/mol. The SMILES string of the molecule is COc1cc(-c2cccc(F)c2)ccc1NC(=O)N(C)C1CCN(S(C)(=O)=O)CC1. The molecule has 1 heterocycles. The van der Waals surface area contributed by atoms with Crippen LogP contribution in [0.5, 0.6) is 5.75 Å². The minimum absolute atomic E-state index is 0.0550. The van der Waals surface area contributed by atoms with Crippen LogP contribution in [-0.2, 0) is 10.0 Å². The van der Waals surface area contributed by atoms with Gasteiger partial charge in [-0.15, -0.1) is 0 Å². The molecule has 1 N–H and O–H groups in total. The van der Waals surface area contributed by atoms with Gasteiger partial charge < -0.3 is 15.0 Å². The number of piperidine rings is 1. The molecule has 162 valence electrons. The van der Waals surface area contributed by atoms with Gasteiger partial charge in [0.1, 0.15) is 11.6 Å². The van der Waals surface area contributed by atoms with Crippen molar-refractivity contribution in [2.75, 3.05) is 38.8 Å². The number of halogens is 1. The zero-order valence-electron chi connectivity index (χ0n) is 17.3. The number of urea groups is 1. The van der Waals surface area contributed by atoms with E-state index in [1.165, 1.54) is 29.8 Å². The summed E-state index contributed by atoms with van der Waals surface area (Å²) in [6.45, 7) is 0.791. The molecule has 1 fully saturated rings. The van der Waals surface area contributed by atoms with Crippen molar-refractivity contribution in [3.63, 3.8) is 0 Å². The van der Waals surface area contributed by atoms with E-state index >= 15 is 0 Å². The zero-order valence-corrected chi connectivity index (χ0v) is 18.1. The molecule has 0 unspecified atom stereocenters. The summed E-state index contributed by atoms with van der Waals surface area (Å²) in [4.78, 5) is 14.3. The Balaban J connectivity index is 1.69. The lowest BCUT2D eigenvalue weighted by Crippen LogP contribution is -2.48. The predicted octanol–water partition coefficient (Wildman–Crippen LogP) is 3.39. The van der Waals surface area contributed by atoms with E-state index in [1.54, 1.807) is 42.3 Å². The molecule has 0 bridgehead atoms. The second kappa shape index (κ2) is 9.01. The number of benzene rings is 2. The summed E-state index contributed by atoms with van der Waals surface area (Å²) < 4.78 is 43.7. The number of ether oxygens (including phenoxy) is 1. The molecule has 0 saturated carbocycles. The predicted molar refractivity (Wildman–Crippen MR) is 115 cm³/mol. The molecule has 7 nitrogen and oxygen atoms in total. The third-order valence-corrected chi connectivity index (χ3v) is 6.66. The van der Waals surface area contributed by atoms with Gasteiger partial charge in [-0.3, -0.25) is 0 Å². The summed E-state index contributed by atoms with van der Waals surface area (Å²) in [6.07, 6.45) is 2.35. The molecule has 2 aromatic carbocycles. The van der Waals surface area contributed by atoms with Crippen LogP contribution in [0.25, 0.3) is 11.1 Å². The van der Waals surface area contributed by atoms with E-state index in [9.17, 15) is 17.6 Å². The van der Waals surface area contributed by atoms with Crippen LogP contribution in [0.2, 0.25) is 0 Å². The number of carbonyl (C=O) groups excluding carboxylic acids is 1. The maximum atomic E-state index is 13.5. The van der Waals surface area contributed by atoms with Crippen LogP contribution in [0.3, 0.4) is 0 Å². The van der Waals surface area contributed by atoms with E-state index in [-0.39, 0.29) is 17.9 Å². The van der Waals surface area contributed by atoms with Crippen molar-refractivity contribution in [3.8, 4) is 16.9 Å². The molecular formula is C21H26FN3O4S. The number of anilines is 1. The molecule has 2 aromatic rings. The highest BCUT2D eigenvalue weighted by Crippen LogP contribution is 2.31. The van der Waals surface area contributed by atoms with Gasteiger partial charge in [-0.05, 0) is 48.2 Å². The van der Waals surface area contributed by atoms with Gasteiger partial charge in [0.2, 0.25) is 10.0 Å². The van der Waals surface area contributed by atoms with Crippen molar-refractivity contribution in [1.82, 2.24) is 9.21 Å². The Labute approximate surface area is 176 Å². The Morgan fingerprint density at radius 3 is 2.43 bits per heavy atom. The minimum atomic E-state index is -3.21. The normalized spacial score (nSPS) is 15.6. The Hall–Kier alpha value is -2.65. The number of hydrogen-bond acceptors (Lipinski definition) is 4. The van der Waals surface area contributed by atoms with Gasteiger partial charge in [0.15, 0.2) is 0 Å². The number of amides is 2. The van der Waals surface area contributed by atoms with Gasteiger partial charge >= 0.3 is 6.03 Å². The van der Waals surface area contributed by atoms with Gasteiger partial charge in [0.25, 0.3) is 0 Å². The molecule has 1 saturated heterocycles. The summed E-state index contributed by atoms with van der Waals surface area (Å²) in [7, 11) is -0.00526. The Morgan fingerprint density at radius 2 is 1.83 bits per heavy atom. The van der Waals surface area contributed by atoms with E-state index in [0.717, 1.165) is 5.56 Å². The summed E-state index contributed by atoms with van der Waals surface area (Å²) in [5.74, 6) is 0.137. The third kappa shape index (κ3) is 5.09. The highest BCUT2D eigenvalue weighted by molar-refractivity contribution is 7.88. The van der Waals surface area contributed by atoms with E-state index < -0.39 is 10.0 Å². The topological polar surface area (TPSA) is 79.0 Å². The maximum absolute atomic E-state index is 13.5. The number of nitrogens with one attached hydrogen (secondary N) is 1. The maximum Gasteiger partial charge on any atom is 0.321 e. The molecule has 0 aromatic heterocycles. The molecule has 9 heteroatoms. The lowest BCUT2D eigenvalue weighted by Gasteiger charge is -2.35. The van der Waals surface area contributed by atoms with Crippen LogP contribution in [0.4, 0.5) is 14.9 Å². The molecule has 1 aliphatic rings. The van der Waals surface area contributed by atoms with E-state index in [0.29, 0.717) is 42.9 Å². The van der Waals surface area contributed by atoms with Crippen LogP contribution < -0.4 is 10.1 Å². The third-order valence-electron chi connectivity index (χ3n) is 5.36. The van der Waals surface area contributed by atoms with E-state index in [1.807, 2.05) is 0 Å². The fourth-order valence-electron chi connectivity index (χ4n) is 3.57. The second-order valence-electron chi connectivity index (χ2n) is 7.36. The Bertz CT molecular complexity index is 1020. The van der Waals surface area contributed by atoms with Crippen LogP contribution in [-0.4, -0.2) is 63.2 Å². The van der Waals surface area contributed by atoms with Crippen molar-refractivity contribution < 1.29 is 22.3 Å². The van der Waals surface area contributed by atoms with Crippen LogP contribution >= 0.6 is 0 Å². The van der Waals surface area contributed by atoms with Gasteiger partial charge in [-0.25, -0.2) is 21.9 Å². The number of sulfonamides is 1. The molecule has 3 rings (SSSR count). The number of rotatable bonds is 5. The lowest BCUT2D eigenvalue weighted by molar-refractivity contribution is 0.174. The first-order valence-corrected chi connectivity index (χ1v) is 11.5. The molecule has 0 spiro atoms. The Morgan fingerprint density at radius 1 is 1.17 bits per heavy atom. The first-order chi connectivity index (χ1) is 14.2. The molecule has 0 radical (unpaired) electrons. The molecule has 0 atom stereocenters. The van der Waals surface area contributed by atoms with Crippen molar-refractivity contribution in [2.24, 2.45) is 0 Å². The first-order valence-electron chi connectivity index (χ1n) is 9.62. The number of hydrogen-bond donors (Lipinski definition) is 1. The van der Waals surface area contributed by atoms with Crippen LogP contribution in [0.15, 0.2) is 42.5 Å². The van der Waals surface area contributed by atoms with Crippen molar-refractivity contribution in [1.29, 1.82) is 0 Å². The fourth-order valence-corrected chi connectivity index (χ4v) is 4.45. The molecule has 0 aliphatic carbocycles. The highest BCUT2D eigenvalue weighted by Gasteiger charge is 2.29. The van der Waals surface area contributed by atoms with Crippen molar-refractivity contribution in [3.05, 3.63) is 48.3 Å². The van der Waals surface area contributed by atoms with Gasteiger partial charge in [0.05, 0.1) is 19.1 Å². The van der Waals surface area contributed by atoms with E-state index in [2.05, 4.69) is 5.32 Å². The van der Waals surface area contributed by atoms with Crippen molar-refractivity contribution in [2.45, 2.75) is 18.9 Å². The minimum Gasteiger partial charge on any atom is -0.495 e. The zero-order chi connectivity index (χ0) is 21.9. The standard InChI is InChI=1S/C21H26FN3O4S/c1-24(18-9-11-25(12-10-18)30(3,27)28)21(26)23-19-8-7-16(14-20(19)29-2)15-5-4-6-17(22)13-15/h4-8,13-14,18H,9-12H2,1-3H3,(H,23,26). The van der Waals surface area contributed by atoms with Gasteiger partial charge in [-0.2, -0.15) is 0 Å². The summed E-state index contributed by atoms with van der Waals surface area (Å²) in [6, 6.07) is 11.1. The molecule has 2 amide bonds. The largest absolute Gasteiger partial charge is 0.495 e. The lowest BCUT2D eigenvalue weighted by atomic mass is 10.0. The molecule has 1 aliphatic heterocycles. The summed E-state index contributed by atoms with van der Waals surface area (Å²) >= 11 is 0. The van der Waals surface area contributed by atoms with Crippen LogP contribution in [0.1, 0.15) is 12.8 Å². The van der Waals surface area contributed by atoms with E-state index in [4.69, 9.17) is 4.74 Å². The number of carbonyl (C=O) groups is 1.